The molecule has 1 aromatic carbocycles. The van der Waals surface area contributed by atoms with Gasteiger partial charge in [-0.1, -0.05) is 12.1 Å². The Balaban J connectivity index is 1.40. The number of thioether (sulfide) groups is 1. The summed E-state index contributed by atoms with van der Waals surface area (Å²) in [7, 11) is 1.89. The molecule has 0 aliphatic heterocycles. The minimum Gasteiger partial charge on any atom is -0.302 e. The zero-order chi connectivity index (χ0) is 17.4. The van der Waals surface area contributed by atoms with Gasteiger partial charge >= 0.3 is 0 Å². The summed E-state index contributed by atoms with van der Waals surface area (Å²) in [5.74, 6) is 0.358. The van der Waals surface area contributed by atoms with Crippen LogP contribution in [0.5, 0.6) is 0 Å². The van der Waals surface area contributed by atoms with Crippen LogP contribution in [0.25, 0.3) is 11.3 Å². The average molecular weight is 371 g/mol. The molecule has 1 N–H and O–H groups in total. The van der Waals surface area contributed by atoms with Crippen molar-refractivity contribution in [2.75, 3.05) is 11.6 Å². The highest BCUT2D eigenvalue weighted by atomic mass is 32.2. The largest absolute Gasteiger partial charge is 0.302 e. The van der Waals surface area contributed by atoms with Crippen molar-refractivity contribution < 1.29 is 4.79 Å². The zero-order valence-corrected chi connectivity index (χ0v) is 15.6. The highest BCUT2D eigenvalue weighted by molar-refractivity contribution is 7.98. The summed E-state index contributed by atoms with van der Waals surface area (Å²) in [6, 6.07) is 8.29. The van der Waals surface area contributed by atoms with Gasteiger partial charge in [0.15, 0.2) is 5.13 Å². The van der Waals surface area contributed by atoms with E-state index in [2.05, 4.69) is 45.9 Å². The van der Waals surface area contributed by atoms with Crippen LogP contribution in [-0.4, -0.2) is 26.9 Å². The molecule has 1 aliphatic carbocycles. The van der Waals surface area contributed by atoms with Crippen LogP contribution in [0.4, 0.5) is 5.13 Å². The lowest BCUT2D eigenvalue weighted by Crippen LogP contribution is -2.14. The van der Waals surface area contributed by atoms with E-state index in [0.717, 1.165) is 23.2 Å². The summed E-state index contributed by atoms with van der Waals surface area (Å²) < 4.78 is 1.78. The molecule has 128 valence electrons. The van der Waals surface area contributed by atoms with Crippen molar-refractivity contribution in [2.24, 2.45) is 13.0 Å². The van der Waals surface area contributed by atoms with Crippen molar-refractivity contribution >= 4 is 34.1 Å². The molecule has 0 saturated heterocycles. The second-order valence-corrected chi connectivity index (χ2v) is 7.89. The van der Waals surface area contributed by atoms with Crippen molar-refractivity contribution in [1.29, 1.82) is 0 Å². The molecule has 1 fully saturated rings. The summed E-state index contributed by atoms with van der Waals surface area (Å²) in [5.41, 5.74) is 3.10. The lowest BCUT2D eigenvalue weighted by Gasteiger charge is -2.01. The predicted molar refractivity (Wildman–Crippen MR) is 102 cm³/mol. The molecule has 1 aliphatic rings. The molecule has 2 atom stereocenters. The van der Waals surface area contributed by atoms with Crippen LogP contribution >= 0.6 is 23.1 Å². The van der Waals surface area contributed by atoms with Gasteiger partial charge in [-0.25, -0.2) is 4.98 Å². The summed E-state index contributed by atoms with van der Waals surface area (Å²) in [6.45, 7) is 0. The molecule has 2 heterocycles. The molecule has 3 aromatic rings. The molecule has 2 unspecified atom stereocenters. The van der Waals surface area contributed by atoms with E-state index >= 15 is 0 Å². The molecule has 0 bridgehead atoms. The van der Waals surface area contributed by atoms with Crippen molar-refractivity contribution in [1.82, 2.24) is 14.8 Å². The first-order valence-corrected chi connectivity index (χ1v) is 10.1. The SMILES string of the molecule is CSc1ccc(-c2csc(NC(=O)C3CC3c3cnn(C)c3)n2)cc1. The van der Waals surface area contributed by atoms with E-state index in [1.54, 1.807) is 16.4 Å². The third-order valence-electron chi connectivity index (χ3n) is 4.40. The number of nitrogens with one attached hydrogen (secondary N) is 1. The number of carbonyl (C=O) groups excluding carboxylic acids is 1. The fraction of sp³-hybridized carbons (Fsp3) is 0.278. The molecule has 1 amide bonds. The minimum atomic E-state index is 0.0254. The number of aryl methyl sites for hydroxylation is 1. The first-order valence-electron chi connectivity index (χ1n) is 8.03. The summed E-state index contributed by atoms with van der Waals surface area (Å²) in [4.78, 5) is 18.2. The molecular formula is C18H18N4OS2. The van der Waals surface area contributed by atoms with Crippen LogP contribution in [0.1, 0.15) is 17.9 Å². The molecule has 2 aromatic heterocycles. The lowest BCUT2D eigenvalue weighted by molar-refractivity contribution is -0.117. The fourth-order valence-corrected chi connectivity index (χ4v) is 4.04. The molecule has 7 heteroatoms. The monoisotopic (exact) mass is 370 g/mol. The Morgan fingerprint density at radius 3 is 2.84 bits per heavy atom. The standard InChI is InChI=1S/C18H18N4OS2/c1-22-9-12(8-19-22)14-7-15(14)17(23)21-18-20-16(10-25-18)11-3-5-13(24-2)6-4-11/h3-6,8-10,14-15H,7H2,1-2H3,(H,20,21,23). The lowest BCUT2D eigenvalue weighted by atomic mass is 10.2. The first kappa shape index (κ1) is 16.4. The Hall–Kier alpha value is -2.12. The van der Waals surface area contributed by atoms with Gasteiger partial charge in [0.1, 0.15) is 0 Å². The number of rotatable bonds is 5. The summed E-state index contributed by atoms with van der Waals surface area (Å²) in [5, 5.41) is 9.78. The Morgan fingerprint density at radius 2 is 2.16 bits per heavy atom. The van der Waals surface area contributed by atoms with E-state index < -0.39 is 0 Å². The number of amides is 1. The van der Waals surface area contributed by atoms with E-state index in [1.807, 2.05) is 24.8 Å². The molecule has 0 spiro atoms. The number of aromatic nitrogens is 3. The molecular weight excluding hydrogens is 352 g/mol. The van der Waals surface area contributed by atoms with Crippen LogP contribution in [0, 0.1) is 5.92 Å². The smallest absolute Gasteiger partial charge is 0.229 e. The third-order valence-corrected chi connectivity index (χ3v) is 5.90. The van der Waals surface area contributed by atoms with E-state index in [-0.39, 0.29) is 17.7 Å². The third kappa shape index (κ3) is 3.48. The van der Waals surface area contributed by atoms with Gasteiger partial charge in [0.25, 0.3) is 0 Å². The number of benzene rings is 1. The van der Waals surface area contributed by atoms with Gasteiger partial charge in [-0.3, -0.25) is 9.48 Å². The van der Waals surface area contributed by atoms with E-state index in [1.165, 1.54) is 16.2 Å². The summed E-state index contributed by atoms with van der Waals surface area (Å²) >= 11 is 3.18. The highest BCUT2D eigenvalue weighted by Crippen LogP contribution is 2.48. The van der Waals surface area contributed by atoms with E-state index in [9.17, 15) is 4.79 Å². The maximum Gasteiger partial charge on any atom is 0.229 e. The number of anilines is 1. The number of hydrogen-bond acceptors (Lipinski definition) is 5. The van der Waals surface area contributed by atoms with Crippen LogP contribution in [0.3, 0.4) is 0 Å². The number of hydrogen-bond donors (Lipinski definition) is 1. The predicted octanol–water partition coefficient (Wildman–Crippen LogP) is 4.01. The van der Waals surface area contributed by atoms with Gasteiger partial charge < -0.3 is 5.32 Å². The Labute approximate surface area is 154 Å². The molecule has 1 saturated carbocycles. The topological polar surface area (TPSA) is 59.8 Å². The first-order chi connectivity index (χ1) is 12.1. The van der Waals surface area contributed by atoms with Gasteiger partial charge in [0, 0.05) is 35.0 Å². The van der Waals surface area contributed by atoms with Crippen molar-refractivity contribution in [3.05, 3.63) is 47.6 Å². The van der Waals surface area contributed by atoms with Gasteiger partial charge in [-0.05, 0) is 36.3 Å². The number of nitrogens with zero attached hydrogens (tertiary/aromatic N) is 3. The number of carbonyl (C=O) groups is 1. The quantitative estimate of drug-likeness (QED) is 0.690. The van der Waals surface area contributed by atoms with Gasteiger partial charge in [-0.2, -0.15) is 5.10 Å². The highest BCUT2D eigenvalue weighted by Gasteiger charge is 2.44. The fourth-order valence-electron chi connectivity index (χ4n) is 2.91. The van der Waals surface area contributed by atoms with Crippen LogP contribution < -0.4 is 5.32 Å². The summed E-state index contributed by atoms with van der Waals surface area (Å²) in [6.07, 6.45) is 6.77. The van der Waals surface area contributed by atoms with Crippen LogP contribution in [0.2, 0.25) is 0 Å². The Kier molecular flexibility index (Phi) is 4.35. The molecule has 0 radical (unpaired) electrons. The molecule has 4 rings (SSSR count). The average Bonchev–Trinajstić information content (AvgIpc) is 3.10. The van der Waals surface area contributed by atoms with E-state index in [0.29, 0.717) is 5.13 Å². The van der Waals surface area contributed by atoms with E-state index in [4.69, 9.17) is 0 Å². The van der Waals surface area contributed by atoms with Crippen molar-refractivity contribution in [2.45, 2.75) is 17.2 Å². The van der Waals surface area contributed by atoms with Crippen molar-refractivity contribution in [3.63, 3.8) is 0 Å². The zero-order valence-electron chi connectivity index (χ0n) is 14.0. The van der Waals surface area contributed by atoms with Crippen LogP contribution in [-0.2, 0) is 11.8 Å². The Bertz CT molecular complexity index is 900. The second-order valence-electron chi connectivity index (χ2n) is 6.15. The maximum absolute atomic E-state index is 12.4. The van der Waals surface area contributed by atoms with Gasteiger partial charge in [-0.15, -0.1) is 23.1 Å². The Morgan fingerprint density at radius 1 is 1.36 bits per heavy atom. The molecule has 25 heavy (non-hydrogen) atoms. The van der Waals surface area contributed by atoms with Crippen LogP contribution in [0.15, 0.2) is 46.9 Å². The normalized spacial score (nSPS) is 19.0. The van der Waals surface area contributed by atoms with Gasteiger partial charge in [0.2, 0.25) is 5.91 Å². The molecule has 5 nitrogen and oxygen atoms in total. The second kappa shape index (κ2) is 6.65. The maximum atomic E-state index is 12.4. The number of thiazole rings is 1. The van der Waals surface area contributed by atoms with Gasteiger partial charge in [0.05, 0.1) is 11.9 Å². The minimum absolute atomic E-state index is 0.0254. The van der Waals surface area contributed by atoms with Crippen molar-refractivity contribution in [3.8, 4) is 11.3 Å².